The second kappa shape index (κ2) is 10.2. The van der Waals surface area contributed by atoms with Crippen molar-refractivity contribution < 1.29 is 24.5 Å². The molecule has 2 aliphatic rings. The largest absolute Gasteiger partial charge is 0.473 e. The van der Waals surface area contributed by atoms with Crippen LogP contribution in [-0.2, 0) is 27.2 Å². The van der Waals surface area contributed by atoms with Crippen LogP contribution in [-0.4, -0.2) is 53.3 Å². The molecule has 29 heavy (non-hydrogen) atoms. The predicted molar refractivity (Wildman–Crippen MR) is 109 cm³/mol. The lowest BCUT2D eigenvalue weighted by Gasteiger charge is -2.23. The van der Waals surface area contributed by atoms with E-state index >= 15 is 0 Å². The van der Waals surface area contributed by atoms with Gasteiger partial charge in [-0.25, -0.2) is 9.59 Å². The molecule has 2 aromatic rings. The van der Waals surface area contributed by atoms with Crippen molar-refractivity contribution in [3.8, 4) is 0 Å². The molecule has 0 spiro atoms. The molecule has 6 nitrogen and oxygen atoms in total. The van der Waals surface area contributed by atoms with Crippen molar-refractivity contribution in [2.24, 2.45) is 0 Å². The maximum atomic E-state index is 9.10. The van der Waals surface area contributed by atoms with Crippen LogP contribution in [0.15, 0.2) is 48.5 Å². The fourth-order valence-electron chi connectivity index (χ4n) is 3.96. The summed E-state index contributed by atoms with van der Waals surface area (Å²) in [6.07, 6.45) is 5.00. The van der Waals surface area contributed by atoms with Gasteiger partial charge in [0.2, 0.25) is 0 Å². The first-order chi connectivity index (χ1) is 14.1. The summed E-state index contributed by atoms with van der Waals surface area (Å²) in [4.78, 5) is 20.7. The Morgan fingerprint density at radius 1 is 0.862 bits per heavy atom. The number of carbonyl (C=O) groups is 2. The quantitative estimate of drug-likeness (QED) is 0.771. The van der Waals surface area contributed by atoms with Gasteiger partial charge >= 0.3 is 11.9 Å². The third kappa shape index (κ3) is 5.65. The van der Waals surface area contributed by atoms with Gasteiger partial charge < -0.3 is 19.8 Å². The maximum absolute atomic E-state index is 9.10. The number of hydrogen-bond donors (Lipinski definition) is 2. The molecule has 1 saturated heterocycles. The Hall–Kier alpha value is -2.70. The molecule has 2 aromatic carbocycles. The summed E-state index contributed by atoms with van der Waals surface area (Å²) in [6, 6.07) is 17.6. The van der Waals surface area contributed by atoms with Crippen LogP contribution in [0.4, 0.5) is 0 Å². The first-order valence-electron chi connectivity index (χ1n) is 10.0. The summed E-state index contributed by atoms with van der Waals surface area (Å²) in [6.45, 7) is 4.34. The molecule has 1 aliphatic carbocycles. The molecule has 0 saturated carbocycles. The van der Waals surface area contributed by atoms with Crippen molar-refractivity contribution in [1.29, 1.82) is 0 Å². The number of hydrogen-bond acceptors (Lipinski definition) is 4. The Balaban J connectivity index is 0.000000353. The highest BCUT2D eigenvalue weighted by Gasteiger charge is 2.24. The second-order valence-corrected chi connectivity index (χ2v) is 7.31. The van der Waals surface area contributed by atoms with Gasteiger partial charge in [0.15, 0.2) is 0 Å². The van der Waals surface area contributed by atoms with Crippen LogP contribution in [0.2, 0.25) is 0 Å². The number of aliphatic carboxylic acids is 2. The van der Waals surface area contributed by atoms with E-state index in [9.17, 15) is 0 Å². The summed E-state index contributed by atoms with van der Waals surface area (Å²) < 4.78 is 6.44. The van der Waals surface area contributed by atoms with Crippen molar-refractivity contribution in [3.05, 3.63) is 70.8 Å². The molecule has 0 bridgehead atoms. The van der Waals surface area contributed by atoms with Crippen molar-refractivity contribution in [1.82, 2.24) is 4.90 Å². The van der Waals surface area contributed by atoms with Gasteiger partial charge in [-0.15, -0.1) is 0 Å². The van der Waals surface area contributed by atoms with E-state index in [0.717, 1.165) is 26.0 Å². The minimum Gasteiger partial charge on any atom is -0.473 e. The Labute approximate surface area is 170 Å². The number of likely N-dealkylation sites (tertiary alicyclic amines) is 1. The highest BCUT2D eigenvalue weighted by Crippen LogP contribution is 2.34. The molecule has 1 aliphatic heterocycles. The van der Waals surface area contributed by atoms with E-state index in [-0.39, 0.29) is 6.10 Å². The van der Waals surface area contributed by atoms with Crippen LogP contribution < -0.4 is 0 Å². The first-order valence-corrected chi connectivity index (χ1v) is 10.0. The van der Waals surface area contributed by atoms with Gasteiger partial charge in [-0.3, -0.25) is 0 Å². The molecule has 0 amide bonds. The third-order valence-electron chi connectivity index (χ3n) is 5.41. The Bertz CT molecular complexity index is 785. The van der Waals surface area contributed by atoms with E-state index in [4.69, 9.17) is 24.5 Å². The maximum Gasteiger partial charge on any atom is 0.414 e. The zero-order valence-corrected chi connectivity index (χ0v) is 16.4. The molecule has 0 atom stereocenters. The van der Waals surface area contributed by atoms with E-state index in [2.05, 4.69) is 53.4 Å². The number of aryl methyl sites for hydroxylation is 2. The number of carboxylic acids is 2. The van der Waals surface area contributed by atoms with E-state index in [0.29, 0.717) is 0 Å². The van der Waals surface area contributed by atoms with Crippen LogP contribution in [0.1, 0.15) is 41.2 Å². The van der Waals surface area contributed by atoms with Crippen molar-refractivity contribution in [3.63, 3.8) is 0 Å². The summed E-state index contributed by atoms with van der Waals surface area (Å²) in [5.41, 5.74) is 5.60. The number of rotatable bonds is 4. The molecule has 0 radical (unpaired) electrons. The van der Waals surface area contributed by atoms with Crippen LogP contribution in [0, 0.1) is 0 Å². The number of carboxylic acid groups (broad SMARTS) is 2. The SMILES string of the molecule is O=C(O)C(=O)O.c1ccc2c(c1)CCc1ccccc1C2OCCN1CCCC1. The number of ether oxygens (including phenoxy) is 1. The summed E-state index contributed by atoms with van der Waals surface area (Å²) >= 11 is 0. The summed E-state index contributed by atoms with van der Waals surface area (Å²) in [5, 5.41) is 14.8. The minimum absolute atomic E-state index is 0.0903. The highest BCUT2D eigenvalue weighted by molar-refractivity contribution is 6.27. The zero-order valence-electron chi connectivity index (χ0n) is 16.4. The predicted octanol–water partition coefficient (Wildman–Crippen LogP) is 3.14. The molecule has 154 valence electrons. The molecule has 6 heteroatoms. The molecule has 1 heterocycles. The fraction of sp³-hybridized carbons (Fsp3) is 0.391. The average molecular weight is 397 g/mol. The Morgan fingerprint density at radius 3 is 1.83 bits per heavy atom. The van der Waals surface area contributed by atoms with Gasteiger partial charge in [-0.2, -0.15) is 0 Å². The Kier molecular flexibility index (Phi) is 7.38. The van der Waals surface area contributed by atoms with E-state index in [1.807, 2.05) is 0 Å². The molecule has 0 unspecified atom stereocenters. The van der Waals surface area contributed by atoms with Gasteiger partial charge in [-0.1, -0.05) is 48.5 Å². The smallest absolute Gasteiger partial charge is 0.414 e. The Morgan fingerprint density at radius 2 is 1.34 bits per heavy atom. The minimum atomic E-state index is -1.82. The van der Waals surface area contributed by atoms with Crippen molar-refractivity contribution in [2.75, 3.05) is 26.2 Å². The first kappa shape index (κ1) is 21.0. The number of benzene rings is 2. The van der Waals surface area contributed by atoms with E-state index in [1.165, 1.54) is 48.2 Å². The standard InChI is InChI=1S/C21H25NO.C2H2O4/c1-3-9-19-17(7-1)11-12-18-8-2-4-10-20(18)21(19)23-16-15-22-13-5-6-14-22;3-1(4)2(5)6/h1-4,7-10,21H,5-6,11-16H2;(H,3,4)(H,5,6). The number of fused-ring (bicyclic) bond motifs is 2. The van der Waals surface area contributed by atoms with Crippen molar-refractivity contribution in [2.45, 2.75) is 31.8 Å². The molecule has 0 aromatic heterocycles. The van der Waals surface area contributed by atoms with Gasteiger partial charge in [0.25, 0.3) is 0 Å². The molecule has 2 N–H and O–H groups in total. The number of nitrogens with zero attached hydrogens (tertiary/aromatic N) is 1. The topological polar surface area (TPSA) is 87.1 Å². The lowest BCUT2D eigenvalue weighted by Crippen LogP contribution is -2.25. The van der Waals surface area contributed by atoms with Crippen LogP contribution >= 0.6 is 0 Å². The monoisotopic (exact) mass is 397 g/mol. The third-order valence-corrected chi connectivity index (χ3v) is 5.41. The lowest BCUT2D eigenvalue weighted by molar-refractivity contribution is -0.159. The molecule has 4 rings (SSSR count). The van der Waals surface area contributed by atoms with Gasteiger partial charge in [0, 0.05) is 6.54 Å². The summed E-state index contributed by atoms with van der Waals surface area (Å²) in [5.74, 6) is -3.65. The van der Waals surface area contributed by atoms with Crippen LogP contribution in [0.25, 0.3) is 0 Å². The van der Waals surface area contributed by atoms with Crippen molar-refractivity contribution >= 4 is 11.9 Å². The second-order valence-electron chi connectivity index (χ2n) is 7.31. The van der Waals surface area contributed by atoms with E-state index < -0.39 is 11.9 Å². The van der Waals surface area contributed by atoms with Crippen LogP contribution in [0.3, 0.4) is 0 Å². The zero-order chi connectivity index (χ0) is 20.6. The lowest BCUT2D eigenvalue weighted by atomic mass is 9.97. The molecular formula is C23H27NO5. The average Bonchev–Trinajstić information content (AvgIpc) is 3.19. The van der Waals surface area contributed by atoms with E-state index in [1.54, 1.807) is 0 Å². The molecule has 1 fully saturated rings. The van der Waals surface area contributed by atoms with Gasteiger partial charge in [0.05, 0.1) is 6.61 Å². The van der Waals surface area contributed by atoms with Gasteiger partial charge in [0.1, 0.15) is 6.10 Å². The van der Waals surface area contributed by atoms with Crippen LogP contribution in [0.5, 0.6) is 0 Å². The normalized spacial score (nSPS) is 16.1. The summed E-state index contributed by atoms with van der Waals surface area (Å²) in [7, 11) is 0. The van der Waals surface area contributed by atoms with Gasteiger partial charge in [-0.05, 0) is 61.0 Å². The molecular weight excluding hydrogens is 370 g/mol. The highest BCUT2D eigenvalue weighted by atomic mass is 16.5. The fourth-order valence-corrected chi connectivity index (χ4v) is 3.96.